The van der Waals surface area contributed by atoms with Crippen LogP contribution in [-0.2, 0) is 6.54 Å². The Hall–Kier alpha value is -2.12. The van der Waals surface area contributed by atoms with Gasteiger partial charge in [0.05, 0.1) is 23.5 Å². The van der Waals surface area contributed by atoms with Crippen LogP contribution in [0.15, 0.2) is 18.2 Å². The third kappa shape index (κ3) is 5.21. The van der Waals surface area contributed by atoms with E-state index in [2.05, 4.69) is 28.6 Å². The smallest absolute Gasteiger partial charge is 0.248 e. The van der Waals surface area contributed by atoms with Gasteiger partial charge in [0.25, 0.3) is 0 Å². The Morgan fingerprint density at radius 1 is 1.23 bits per heavy atom. The molecule has 1 fully saturated rings. The number of halogens is 3. The van der Waals surface area contributed by atoms with Gasteiger partial charge < -0.3 is 14.6 Å². The minimum absolute atomic E-state index is 0.130. The summed E-state index contributed by atoms with van der Waals surface area (Å²) in [5.74, 6) is -0.194. The largest absolute Gasteiger partial charge is 0.489 e. The standard InChI is InChI=1S/C23H29ClF2N4O/c1-3-29-14-19-22(30(4-2)15-29)28-21(27-19)8-6-16-5-7-20(18(24)13-16)31-17-9-11-23(25,26)12-10-17/h5-8,13,17H,3-4,9-12,14-15H2,1-2H3,(H,27,28)/b8-6+. The fraction of sp³-hybridized carbons (Fsp3) is 0.522. The Morgan fingerprint density at radius 3 is 2.68 bits per heavy atom. The zero-order valence-corrected chi connectivity index (χ0v) is 18.8. The number of rotatable bonds is 6. The van der Waals surface area contributed by atoms with Crippen molar-refractivity contribution >= 4 is 29.6 Å². The van der Waals surface area contributed by atoms with E-state index >= 15 is 0 Å². The molecule has 0 amide bonds. The third-order valence-electron chi connectivity index (χ3n) is 6.00. The highest BCUT2D eigenvalue weighted by Crippen LogP contribution is 2.36. The van der Waals surface area contributed by atoms with E-state index in [1.165, 1.54) is 0 Å². The molecule has 2 heterocycles. The molecule has 2 aromatic rings. The predicted octanol–water partition coefficient (Wildman–Crippen LogP) is 5.81. The van der Waals surface area contributed by atoms with Gasteiger partial charge in [0, 0.05) is 25.9 Å². The molecule has 1 aromatic carbocycles. The monoisotopic (exact) mass is 450 g/mol. The van der Waals surface area contributed by atoms with Crippen molar-refractivity contribution in [1.29, 1.82) is 0 Å². The Kier molecular flexibility index (Phi) is 6.53. The highest BCUT2D eigenvalue weighted by Gasteiger charge is 2.35. The zero-order chi connectivity index (χ0) is 22.0. The lowest BCUT2D eigenvalue weighted by atomic mass is 9.94. The molecular formula is C23H29ClF2N4O. The molecule has 1 N–H and O–H groups in total. The molecule has 1 aliphatic heterocycles. The molecule has 0 spiro atoms. The third-order valence-corrected chi connectivity index (χ3v) is 6.30. The lowest BCUT2D eigenvalue weighted by Gasteiger charge is -2.34. The molecule has 4 rings (SSSR count). The number of fused-ring (bicyclic) bond motifs is 1. The minimum Gasteiger partial charge on any atom is -0.489 e. The van der Waals surface area contributed by atoms with Gasteiger partial charge in [-0.05, 0) is 50.1 Å². The van der Waals surface area contributed by atoms with Gasteiger partial charge in [0.2, 0.25) is 5.92 Å². The van der Waals surface area contributed by atoms with Crippen LogP contribution in [0.2, 0.25) is 5.02 Å². The maximum atomic E-state index is 13.3. The molecule has 0 radical (unpaired) electrons. The van der Waals surface area contributed by atoms with E-state index in [0.29, 0.717) is 23.6 Å². The molecule has 1 saturated carbocycles. The molecule has 0 atom stereocenters. The van der Waals surface area contributed by atoms with Crippen LogP contribution in [0.1, 0.15) is 56.6 Å². The predicted molar refractivity (Wildman–Crippen MR) is 121 cm³/mol. The van der Waals surface area contributed by atoms with E-state index < -0.39 is 5.92 Å². The topological polar surface area (TPSA) is 44.4 Å². The summed E-state index contributed by atoms with van der Waals surface area (Å²) in [5.41, 5.74) is 2.05. The van der Waals surface area contributed by atoms with E-state index in [0.717, 1.165) is 49.2 Å². The number of hydrogen-bond donors (Lipinski definition) is 1. The van der Waals surface area contributed by atoms with Gasteiger partial charge in [0.1, 0.15) is 11.6 Å². The summed E-state index contributed by atoms with van der Waals surface area (Å²) in [5, 5.41) is 0.481. The van der Waals surface area contributed by atoms with Crippen molar-refractivity contribution in [2.75, 3.05) is 24.7 Å². The van der Waals surface area contributed by atoms with Crippen LogP contribution in [0.4, 0.5) is 14.6 Å². The number of aromatic amines is 1. The number of nitrogens with zero attached hydrogens (tertiary/aromatic N) is 3. The number of alkyl halides is 2. The molecular weight excluding hydrogens is 422 g/mol. The summed E-state index contributed by atoms with van der Waals surface area (Å²) in [7, 11) is 0. The minimum atomic E-state index is -2.56. The molecule has 168 valence electrons. The van der Waals surface area contributed by atoms with E-state index in [9.17, 15) is 8.78 Å². The maximum Gasteiger partial charge on any atom is 0.248 e. The van der Waals surface area contributed by atoms with Crippen LogP contribution in [0.5, 0.6) is 5.75 Å². The van der Waals surface area contributed by atoms with Crippen LogP contribution in [-0.4, -0.2) is 46.7 Å². The quantitative estimate of drug-likeness (QED) is 0.603. The Labute approximate surface area is 187 Å². The van der Waals surface area contributed by atoms with E-state index in [1.807, 2.05) is 24.3 Å². The molecule has 0 bridgehead atoms. The van der Waals surface area contributed by atoms with Crippen molar-refractivity contribution in [1.82, 2.24) is 14.9 Å². The second-order valence-corrected chi connectivity index (χ2v) is 8.67. The number of nitrogens with one attached hydrogen (secondary N) is 1. The number of hydrogen-bond acceptors (Lipinski definition) is 4. The maximum absolute atomic E-state index is 13.3. The number of H-pyrrole nitrogens is 1. The van der Waals surface area contributed by atoms with Gasteiger partial charge in [-0.15, -0.1) is 0 Å². The van der Waals surface area contributed by atoms with Crippen molar-refractivity contribution in [2.24, 2.45) is 0 Å². The average molecular weight is 451 g/mol. The second-order valence-electron chi connectivity index (χ2n) is 8.26. The normalized spacial score (nSPS) is 19.7. The lowest BCUT2D eigenvalue weighted by Crippen LogP contribution is -2.42. The van der Waals surface area contributed by atoms with Crippen LogP contribution < -0.4 is 9.64 Å². The number of anilines is 1. The van der Waals surface area contributed by atoms with E-state index in [1.54, 1.807) is 6.07 Å². The fourth-order valence-electron chi connectivity index (χ4n) is 4.12. The van der Waals surface area contributed by atoms with Gasteiger partial charge >= 0.3 is 0 Å². The first-order valence-corrected chi connectivity index (χ1v) is 11.3. The van der Waals surface area contributed by atoms with Crippen LogP contribution in [0.3, 0.4) is 0 Å². The molecule has 8 heteroatoms. The Morgan fingerprint density at radius 2 is 2.00 bits per heavy atom. The van der Waals surface area contributed by atoms with Gasteiger partial charge in [0.15, 0.2) is 5.82 Å². The number of benzene rings is 1. The molecule has 1 aromatic heterocycles. The first kappa shape index (κ1) is 22.1. The molecule has 0 unspecified atom stereocenters. The summed E-state index contributed by atoms with van der Waals surface area (Å²) in [4.78, 5) is 12.8. The molecule has 2 aliphatic rings. The summed E-state index contributed by atoms with van der Waals surface area (Å²) in [6.07, 6.45) is 4.12. The van der Waals surface area contributed by atoms with Gasteiger partial charge in [-0.3, -0.25) is 4.90 Å². The van der Waals surface area contributed by atoms with Gasteiger partial charge in [-0.25, -0.2) is 13.8 Å². The first-order valence-electron chi connectivity index (χ1n) is 10.9. The molecule has 0 saturated heterocycles. The highest BCUT2D eigenvalue weighted by atomic mass is 35.5. The van der Waals surface area contributed by atoms with Crippen LogP contribution >= 0.6 is 11.6 Å². The number of imidazole rings is 1. The molecule has 31 heavy (non-hydrogen) atoms. The number of ether oxygens (including phenoxy) is 1. The summed E-state index contributed by atoms with van der Waals surface area (Å²) in [6, 6.07) is 5.54. The first-order chi connectivity index (χ1) is 14.9. The summed E-state index contributed by atoms with van der Waals surface area (Å²) < 4.78 is 32.5. The molecule has 5 nitrogen and oxygen atoms in total. The van der Waals surface area contributed by atoms with Gasteiger partial charge in [-0.1, -0.05) is 30.7 Å². The molecule has 1 aliphatic carbocycles. The van der Waals surface area contributed by atoms with Crippen LogP contribution in [0.25, 0.3) is 12.2 Å². The lowest BCUT2D eigenvalue weighted by molar-refractivity contribution is -0.0582. The highest BCUT2D eigenvalue weighted by molar-refractivity contribution is 6.32. The van der Waals surface area contributed by atoms with Crippen molar-refractivity contribution in [3.8, 4) is 5.75 Å². The van der Waals surface area contributed by atoms with E-state index in [-0.39, 0.29) is 18.9 Å². The van der Waals surface area contributed by atoms with Gasteiger partial charge in [-0.2, -0.15) is 0 Å². The SMILES string of the molecule is CCN1Cc2[nH]c(/C=C/c3ccc(OC4CCC(F)(F)CC4)c(Cl)c3)nc2N(CC)C1. The Bertz CT molecular complexity index is 936. The number of aromatic nitrogens is 2. The summed E-state index contributed by atoms with van der Waals surface area (Å²) in [6.45, 7) is 7.97. The van der Waals surface area contributed by atoms with Crippen molar-refractivity contribution in [3.63, 3.8) is 0 Å². The average Bonchev–Trinajstić information content (AvgIpc) is 3.17. The summed E-state index contributed by atoms with van der Waals surface area (Å²) >= 11 is 6.40. The van der Waals surface area contributed by atoms with Crippen molar-refractivity contribution in [2.45, 2.75) is 58.1 Å². The van der Waals surface area contributed by atoms with E-state index in [4.69, 9.17) is 21.3 Å². The van der Waals surface area contributed by atoms with Crippen LogP contribution in [0, 0.1) is 0 Å². The Balaban J connectivity index is 1.42. The second kappa shape index (κ2) is 9.17. The van der Waals surface area contributed by atoms with Crippen molar-refractivity contribution in [3.05, 3.63) is 40.3 Å². The zero-order valence-electron chi connectivity index (χ0n) is 18.0. The van der Waals surface area contributed by atoms with Crippen molar-refractivity contribution < 1.29 is 13.5 Å². The fourth-order valence-corrected chi connectivity index (χ4v) is 4.35.